The van der Waals surface area contributed by atoms with Crippen LogP contribution in [0.2, 0.25) is 0 Å². The Morgan fingerprint density at radius 3 is 2.71 bits per heavy atom. The van der Waals surface area contributed by atoms with Crippen molar-refractivity contribution in [2.45, 2.75) is 19.4 Å². The molecule has 0 amide bonds. The van der Waals surface area contributed by atoms with E-state index in [9.17, 15) is 0 Å². The number of rotatable bonds is 4. The summed E-state index contributed by atoms with van der Waals surface area (Å²) in [7, 11) is 2.02. The molecule has 17 heavy (non-hydrogen) atoms. The van der Waals surface area contributed by atoms with Crippen LogP contribution in [0, 0.1) is 0 Å². The first-order valence-electron chi connectivity index (χ1n) is 5.35. The summed E-state index contributed by atoms with van der Waals surface area (Å²) in [6, 6.07) is 4.69. The molecule has 0 aliphatic rings. The average molecular weight is 395 g/mol. The number of aryl methyl sites for hydroxylation is 1. The minimum absolute atomic E-state index is 0.280. The van der Waals surface area contributed by atoms with Crippen molar-refractivity contribution in [2.75, 3.05) is 7.05 Å². The molecule has 0 fully saturated rings. The lowest BCUT2D eigenvalue weighted by Gasteiger charge is -2.16. The highest BCUT2D eigenvalue weighted by Gasteiger charge is 2.20. The molecule has 1 unspecified atom stereocenters. The highest BCUT2D eigenvalue weighted by atomic mass is 79.9. The summed E-state index contributed by atoms with van der Waals surface area (Å²) in [5.41, 5.74) is 2.74. The van der Waals surface area contributed by atoms with E-state index in [2.05, 4.69) is 61.6 Å². The van der Waals surface area contributed by atoms with Gasteiger partial charge in [0.1, 0.15) is 0 Å². The maximum Gasteiger partial charge on any atom is 0.0762 e. The van der Waals surface area contributed by atoms with Gasteiger partial charge in [-0.2, -0.15) is 0 Å². The average Bonchev–Trinajstić information content (AvgIpc) is 2.88. The fourth-order valence-corrected chi connectivity index (χ4v) is 5.90. The van der Waals surface area contributed by atoms with E-state index in [1.807, 2.05) is 18.4 Å². The van der Waals surface area contributed by atoms with Crippen molar-refractivity contribution in [2.24, 2.45) is 0 Å². The minimum atomic E-state index is 0.280. The van der Waals surface area contributed by atoms with E-state index in [0.29, 0.717) is 0 Å². The Labute approximate surface area is 127 Å². The topological polar surface area (TPSA) is 12.0 Å². The van der Waals surface area contributed by atoms with Crippen LogP contribution in [0.3, 0.4) is 0 Å². The molecule has 1 atom stereocenters. The zero-order valence-electron chi connectivity index (χ0n) is 9.59. The van der Waals surface area contributed by atoms with Gasteiger partial charge in [-0.3, -0.25) is 0 Å². The van der Waals surface area contributed by atoms with Gasteiger partial charge >= 0.3 is 0 Å². The van der Waals surface area contributed by atoms with E-state index in [0.717, 1.165) is 10.2 Å². The molecule has 2 aromatic heterocycles. The lowest BCUT2D eigenvalue weighted by Crippen LogP contribution is -2.17. The number of halogens is 2. The van der Waals surface area contributed by atoms with Crippen molar-refractivity contribution in [3.8, 4) is 0 Å². The van der Waals surface area contributed by atoms with Crippen LogP contribution in [0.1, 0.15) is 29.0 Å². The van der Waals surface area contributed by atoms with Gasteiger partial charge in [0, 0.05) is 10.4 Å². The SMILES string of the molecule is CCc1ccsc1C(NC)c1cc(Br)sc1Br. The van der Waals surface area contributed by atoms with Gasteiger partial charge < -0.3 is 5.32 Å². The molecular formula is C12H13Br2NS2. The summed E-state index contributed by atoms with van der Waals surface area (Å²) in [6.45, 7) is 2.21. The summed E-state index contributed by atoms with van der Waals surface area (Å²) >= 11 is 10.7. The van der Waals surface area contributed by atoms with E-state index in [1.54, 1.807) is 11.3 Å². The summed E-state index contributed by atoms with van der Waals surface area (Å²) in [4.78, 5) is 1.42. The molecule has 0 spiro atoms. The zero-order chi connectivity index (χ0) is 12.4. The van der Waals surface area contributed by atoms with Gasteiger partial charge in [-0.15, -0.1) is 22.7 Å². The Hall–Kier alpha value is 0.320. The highest BCUT2D eigenvalue weighted by Crippen LogP contribution is 2.39. The smallest absolute Gasteiger partial charge is 0.0762 e. The number of hydrogen-bond donors (Lipinski definition) is 1. The molecule has 2 heterocycles. The van der Waals surface area contributed by atoms with E-state index < -0.39 is 0 Å². The summed E-state index contributed by atoms with van der Waals surface area (Å²) in [6.07, 6.45) is 1.08. The highest BCUT2D eigenvalue weighted by molar-refractivity contribution is 9.12. The normalized spacial score (nSPS) is 12.9. The Morgan fingerprint density at radius 1 is 1.41 bits per heavy atom. The standard InChI is InChI=1S/C12H13Br2NS2/c1-3-7-4-5-16-11(7)10(15-2)8-6-9(13)17-12(8)14/h4-6,10,15H,3H2,1-2H3. The van der Waals surface area contributed by atoms with Crippen LogP contribution in [-0.2, 0) is 6.42 Å². The molecule has 0 aromatic carbocycles. The number of thiophene rings is 2. The van der Waals surface area contributed by atoms with Crippen molar-refractivity contribution in [1.82, 2.24) is 5.32 Å². The largest absolute Gasteiger partial charge is 0.309 e. The Balaban J connectivity index is 2.43. The fraction of sp³-hybridized carbons (Fsp3) is 0.333. The van der Waals surface area contributed by atoms with E-state index in [-0.39, 0.29) is 6.04 Å². The summed E-state index contributed by atoms with van der Waals surface area (Å²) in [5.74, 6) is 0. The lowest BCUT2D eigenvalue weighted by molar-refractivity contribution is 0.697. The molecule has 5 heteroatoms. The minimum Gasteiger partial charge on any atom is -0.309 e. The van der Waals surface area contributed by atoms with Gasteiger partial charge in [0.15, 0.2) is 0 Å². The van der Waals surface area contributed by atoms with E-state index in [1.165, 1.54) is 19.8 Å². The van der Waals surface area contributed by atoms with Crippen molar-refractivity contribution in [1.29, 1.82) is 0 Å². The zero-order valence-corrected chi connectivity index (χ0v) is 14.4. The molecule has 1 nitrogen and oxygen atoms in total. The molecule has 0 saturated carbocycles. The van der Waals surface area contributed by atoms with Crippen LogP contribution >= 0.6 is 54.5 Å². The maximum absolute atomic E-state index is 3.64. The number of nitrogens with one attached hydrogen (secondary N) is 1. The molecule has 2 aromatic rings. The molecule has 1 N–H and O–H groups in total. The molecule has 0 aliphatic heterocycles. The number of hydrogen-bond acceptors (Lipinski definition) is 3. The van der Waals surface area contributed by atoms with E-state index in [4.69, 9.17) is 0 Å². The van der Waals surface area contributed by atoms with Crippen LogP contribution in [0.4, 0.5) is 0 Å². The van der Waals surface area contributed by atoms with Gasteiger partial charge in [-0.25, -0.2) is 0 Å². The third-order valence-corrected chi connectivity index (χ3v) is 6.12. The first-order valence-corrected chi connectivity index (χ1v) is 8.63. The Kier molecular flexibility index (Phi) is 4.83. The second kappa shape index (κ2) is 5.97. The first kappa shape index (κ1) is 13.7. The van der Waals surface area contributed by atoms with Gasteiger partial charge in [-0.1, -0.05) is 6.92 Å². The Morgan fingerprint density at radius 2 is 2.18 bits per heavy atom. The van der Waals surface area contributed by atoms with Crippen LogP contribution in [-0.4, -0.2) is 7.05 Å². The van der Waals surface area contributed by atoms with Crippen molar-refractivity contribution < 1.29 is 0 Å². The van der Waals surface area contributed by atoms with Crippen LogP contribution in [0.5, 0.6) is 0 Å². The molecule has 0 aliphatic carbocycles. The molecule has 0 bridgehead atoms. The van der Waals surface area contributed by atoms with Crippen molar-refractivity contribution in [3.05, 3.63) is 41.1 Å². The summed E-state index contributed by atoms with van der Waals surface area (Å²) in [5, 5.41) is 5.59. The fourth-order valence-electron chi connectivity index (χ4n) is 1.87. The Bertz CT molecular complexity index is 504. The molecule has 2 rings (SSSR count). The summed E-state index contributed by atoms with van der Waals surface area (Å²) < 4.78 is 2.36. The second-order valence-electron chi connectivity index (χ2n) is 3.66. The second-order valence-corrected chi connectivity index (χ2v) is 8.36. The van der Waals surface area contributed by atoms with Gasteiger partial charge in [0.25, 0.3) is 0 Å². The van der Waals surface area contributed by atoms with Crippen molar-refractivity contribution in [3.63, 3.8) is 0 Å². The molecule has 92 valence electrons. The first-order chi connectivity index (χ1) is 8.17. The van der Waals surface area contributed by atoms with E-state index >= 15 is 0 Å². The van der Waals surface area contributed by atoms with Gasteiger partial charge in [-0.05, 0) is 68.4 Å². The van der Waals surface area contributed by atoms with Crippen LogP contribution in [0.15, 0.2) is 25.1 Å². The van der Waals surface area contributed by atoms with Crippen molar-refractivity contribution >= 4 is 54.5 Å². The van der Waals surface area contributed by atoms with Gasteiger partial charge in [0.2, 0.25) is 0 Å². The predicted molar refractivity (Wildman–Crippen MR) is 84.3 cm³/mol. The lowest BCUT2D eigenvalue weighted by atomic mass is 10.0. The quantitative estimate of drug-likeness (QED) is 0.750. The monoisotopic (exact) mass is 393 g/mol. The third-order valence-electron chi connectivity index (χ3n) is 2.71. The van der Waals surface area contributed by atoms with Crippen LogP contribution < -0.4 is 5.32 Å². The van der Waals surface area contributed by atoms with Gasteiger partial charge in [0.05, 0.1) is 13.6 Å². The molecule has 0 radical (unpaired) electrons. The maximum atomic E-state index is 3.64. The molecular weight excluding hydrogens is 382 g/mol. The molecule has 0 saturated heterocycles. The predicted octanol–water partition coefficient (Wildman–Crippen LogP) is 5.21. The third kappa shape index (κ3) is 2.84. The van der Waals surface area contributed by atoms with Crippen LogP contribution in [0.25, 0.3) is 0 Å².